The zero-order chi connectivity index (χ0) is 19.4. The summed E-state index contributed by atoms with van der Waals surface area (Å²) in [5.74, 6) is -2.15. The second-order valence-electron chi connectivity index (χ2n) is 7.48. The SMILES string of the molecule is CC(C)(C)OC(=O)N(C[C@@H](C(=O)O)c1ccc(Cl)cc1)C(C)(C)CF. The number of carboxylic acids is 1. The number of ether oxygens (including phenoxy) is 1. The summed E-state index contributed by atoms with van der Waals surface area (Å²) in [6.07, 6.45) is -0.754. The van der Waals surface area contributed by atoms with Crippen molar-refractivity contribution in [3.8, 4) is 0 Å². The topological polar surface area (TPSA) is 66.8 Å². The van der Waals surface area contributed by atoms with E-state index in [0.29, 0.717) is 10.6 Å². The Labute approximate surface area is 152 Å². The Morgan fingerprint density at radius 1 is 1.20 bits per heavy atom. The summed E-state index contributed by atoms with van der Waals surface area (Å²) in [4.78, 5) is 25.4. The third-order valence-electron chi connectivity index (χ3n) is 3.61. The highest BCUT2D eigenvalue weighted by Gasteiger charge is 2.37. The molecule has 0 aliphatic carbocycles. The molecule has 5 nitrogen and oxygen atoms in total. The Morgan fingerprint density at radius 2 is 1.72 bits per heavy atom. The fourth-order valence-electron chi connectivity index (χ4n) is 2.16. The average molecular weight is 374 g/mol. The third kappa shape index (κ3) is 6.20. The minimum absolute atomic E-state index is 0.219. The van der Waals surface area contributed by atoms with Crippen LogP contribution in [0.3, 0.4) is 0 Å². The molecule has 1 aromatic carbocycles. The average Bonchev–Trinajstić information content (AvgIpc) is 2.46. The number of carbonyl (C=O) groups is 2. The molecule has 25 heavy (non-hydrogen) atoms. The summed E-state index contributed by atoms with van der Waals surface area (Å²) in [5.41, 5.74) is -1.51. The van der Waals surface area contributed by atoms with Crippen molar-refractivity contribution < 1.29 is 23.8 Å². The van der Waals surface area contributed by atoms with Crippen molar-refractivity contribution in [2.24, 2.45) is 0 Å². The number of nitrogens with zero attached hydrogens (tertiary/aromatic N) is 1. The molecule has 0 aromatic heterocycles. The van der Waals surface area contributed by atoms with Crippen molar-refractivity contribution in [2.45, 2.75) is 51.7 Å². The van der Waals surface area contributed by atoms with Gasteiger partial charge in [0.15, 0.2) is 0 Å². The number of hydrogen-bond acceptors (Lipinski definition) is 3. The maximum atomic E-state index is 13.5. The summed E-state index contributed by atoms with van der Waals surface area (Å²) in [6, 6.07) is 6.31. The standard InChI is InChI=1S/C18H25ClFNO4/c1-17(2,3)25-16(24)21(18(4,5)11-20)10-14(15(22)23)12-6-8-13(19)9-7-12/h6-9,14H,10-11H2,1-5H3,(H,22,23)/t14-/m1/s1. The van der Waals surface area contributed by atoms with E-state index >= 15 is 0 Å². The highest BCUT2D eigenvalue weighted by molar-refractivity contribution is 6.30. The van der Waals surface area contributed by atoms with Gasteiger partial charge in [0.25, 0.3) is 0 Å². The molecule has 1 rings (SSSR count). The van der Waals surface area contributed by atoms with Gasteiger partial charge >= 0.3 is 12.1 Å². The molecule has 140 valence electrons. The quantitative estimate of drug-likeness (QED) is 0.797. The fraction of sp³-hybridized carbons (Fsp3) is 0.556. The van der Waals surface area contributed by atoms with Crippen LogP contribution in [0.2, 0.25) is 5.02 Å². The summed E-state index contributed by atoms with van der Waals surface area (Å²) >= 11 is 5.84. The minimum Gasteiger partial charge on any atom is -0.481 e. The molecule has 0 fully saturated rings. The second kappa shape index (κ2) is 8.04. The molecule has 0 heterocycles. The van der Waals surface area contributed by atoms with E-state index < -0.39 is 35.8 Å². The summed E-state index contributed by atoms with van der Waals surface area (Å²) in [5, 5.41) is 10.1. The van der Waals surface area contributed by atoms with E-state index in [1.54, 1.807) is 45.0 Å². The van der Waals surface area contributed by atoms with Crippen molar-refractivity contribution >= 4 is 23.7 Å². The number of carboxylic acid groups (broad SMARTS) is 1. The number of rotatable bonds is 6. The number of alkyl halides is 1. The van der Waals surface area contributed by atoms with Crippen LogP contribution in [0.25, 0.3) is 0 Å². The van der Waals surface area contributed by atoms with Gasteiger partial charge in [-0.05, 0) is 52.3 Å². The summed E-state index contributed by atoms with van der Waals surface area (Å²) in [6.45, 7) is 7.08. The molecule has 1 atom stereocenters. The predicted molar refractivity (Wildman–Crippen MR) is 94.8 cm³/mol. The molecule has 1 aromatic rings. The van der Waals surface area contributed by atoms with E-state index in [1.165, 1.54) is 13.8 Å². The van der Waals surface area contributed by atoms with Gasteiger partial charge in [0.1, 0.15) is 12.3 Å². The van der Waals surface area contributed by atoms with Gasteiger partial charge in [-0.2, -0.15) is 0 Å². The van der Waals surface area contributed by atoms with Gasteiger partial charge in [-0.25, -0.2) is 9.18 Å². The van der Waals surface area contributed by atoms with Crippen molar-refractivity contribution in [3.63, 3.8) is 0 Å². The van der Waals surface area contributed by atoms with E-state index in [9.17, 15) is 19.1 Å². The highest BCUT2D eigenvalue weighted by atomic mass is 35.5. The van der Waals surface area contributed by atoms with Crippen LogP contribution in [-0.2, 0) is 9.53 Å². The van der Waals surface area contributed by atoms with E-state index in [4.69, 9.17) is 16.3 Å². The van der Waals surface area contributed by atoms with E-state index in [1.807, 2.05) is 0 Å². The normalized spacial score (nSPS) is 13.2. The van der Waals surface area contributed by atoms with Crippen molar-refractivity contribution in [1.29, 1.82) is 0 Å². The number of benzene rings is 1. The Balaban J connectivity index is 3.18. The monoisotopic (exact) mass is 373 g/mol. The van der Waals surface area contributed by atoms with E-state index in [0.717, 1.165) is 4.90 Å². The van der Waals surface area contributed by atoms with Crippen LogP contribution in [0.1, 0.15) is 46.1 Å². The number of carbonyl (C=O) groups excluding carboxylic acids is 1. The molecule has 1 N–H and O–H groups in total. The first-order valence-electron chi connectivity index (χ1n) is 7.92. The van der Waals surface area contributed by atoms with Crippen LogP contribution in [0.5, 0.6) is 0 Å². The molecule has 1 amide bonds. The highest BCUT2D eigenvalue weighted by Crippen LogP contribution is 2.26. The van der Waals surface area contributed by atoms with Crippen molar-refractivity contribution in [2.75, 3.05) is 13.2 Å². The van der Waals surface area contributed by atoms with Crippen LogP contribution in [0.15, 0.2) is 24.3 Å². The molecule has 0 aliphatic heterocycles. The fourth-order valence-corrected chi connectivity index (χ4v) is 2.29. The maximum absolute atomic E-state index is 13.5. The van der Waals surface area contributed by atoms with E-state index in [-0.39, 0.29) is 6.54 Å². The smallest absolute Gasteiger partial charge is 0.410 e. The van der Waals surface area contributed by atoms with Crippen LogP contribution in [0, 0.1) is 0 Å². The maximum Gasteiger partial charge on any atom is 0.410 e. The van der Waals surface area contributed by atoms with Crippen LogP contribution in [-0.4, -0.2) is 46.4 Å². The van der Waals surface area contributed by atoms with Crippen molar-refractivity contribution in [1.82, 2.24) is 4.90 Å². The number of hydrogen-bond donors (Lipinski definition) is 1. The molecule has 0 saturated heterocycles. The predicted octanol–water partition coefficient (Wildman–Crippen LogP) is 4.49. The molecular formula is C18H25ClFNO4. The van der Waals surface area contributed by atoms with Gasteiger partial charge in [-0.1, -0.05) is 23.7 Å². The minimum atomic E-state index is -1.21. The largest absolute Gasteiger partial charge is 0.481 e. The lowest BCUT2D eigenvalue weighted by atomic mass is 9.96. The Bertz CT molecular complexity index is 610. The lowest BCUT2D eigenvalue weighted by Gasteiger charge is -2.38. The second-order valence-corrected chi connectivity index (χ2v) is 7.92. The number of halogens is 2. The Kier molecular flexibility index (Phi) is 6.82. The zero-order valence-corrected chi connectivity index (χ0v) is 15.9. The molecule has 0 spiro atoms. The lowest BCUT2D eigenvalue weighted by Crippen LogP contribution is -2.53. The number of amides is 1. The van der Waals surface area contributed by atoms with Crippen LogP contribution < -0.4 is 0 Å². The van der Waals surface area contributed by atoms with Crippen LogP contribution in [0.4, 0.5) is 9.18 Å². The number of aliphatic carboxylic acids is 1. The first-order chi connectivity index (χ1) is 11.4. The Hall–Kier alpha value is -1.82. The summed E-state index contributed by atoms with van der Waals surface area (Å²) in [7, 11) is 0. The summed E-state index contributed by atoms with van der Waals surface area (Å²) < 4.78 is 18.8. The molecule has 0 radical (unpaired) electrons. The molecule has 7 heteroatoms. The van der Waals surface area contributed by atoms with E-state index in [2.05, 4.69) is 0 Å². The zero-order valence-electron chi connectivity index (χ0n) is 15.2. The van der Waals surface area contributed by atoms with Gasteiger partial charge in [0.2, 0.25) is 0 Å². The van der Waals surface area contributed by atoms with Gasteiger partial charge in [-0.15, -0.1) is 0 Å². The molecule has 0 unspecified atom stereocenters. The molecule has 0 aliphatic rings. The van der Waals surface area contributed by atoms with Gasteiger partial charge in [-0.3, -0.25) is 9.69 Å². The lowest BCUT2D eigenvalue weighted by molar-refractivity contribution is -0.139. The van der Waals surface area contributed by atoms with Gasteiger partial charge in [0.05, 0.1) is 11.5 Å². The van der Waals surface area contributed by atoms with Gasteiger partial charge < -0.3 is 9.84 Å². The first kappa shape index (κ1) is 21.2. The van der Waals surface area contributed by atoms with Crippen molar-refractivity contribution in [3.05, 3.63) is 34.9 Å². The van der Waals surface area contributed by atoms with Gasteiger partial charge in [0, 0.05) is 11.6 Å². The molecule has 0 bridgehead atoms. The Morgan fingerprint density at radius 3 is 2.12 bits per heavy atom. The van der Waals surface area contributed by atoms with Crippen LogP contribution >= 0.6 is 11.6 Å². The molecular weight excluding hydrogens is 349 g/mol. The molecule has 0 saturated carbocycles. The third-order valence-corrected chi connectivity index (χ3v) is 3.86. The first-order valence-corrected chi connectivity index (χ1v) is 8.30.